The quantitative estimate of drug-likeness (QED) is 0.398. The third-order valence-electron chi connectivity index (χ3n) is 3.85. The molecular weight excluding hydrogens is 268 g/mol. The molecule has 0 aliphatic carbocycles. The van der Waals surface area contributed by atoms with Gasteiger partial charge in [0.15, 0.2) is 5.60 Å². The van der Waals surface area contributed by atoms with Crippen molar-refractivity contribution >= 4 is 5.97 Å². The Hall–Kier alpha value is -1.55. The molecule has 4 nitrogen and oxygen atoms in total. The highest BCUT2D eigenvalue weighted by molar-refractivity contribution is 5.82. The van der Waals surface area contributed by atoms with Crippen molar-refractivity contribution in [2.24, 2.45) is 0 Å². The fraction of sp³-hybridized carbons (Fsp3) is 0.588. The molecule has 0 aromatic heterocycles. The molecule has 1 aliphatic heterocycles. The second kappa shape index (κ2) is 7.46. The van der Waals surface area contributed by atoms with Crippen LogP contribution in [0, 0.1) is 0 Å². The van der Waals surface area contributed by atoms with Crippen LogP contribution in [0.5, 0.6) is 5.75 Å². The van der Waals surface area contributed by atoms with Crippen LogP contribution in [0.3, 0.4) is 0 Å². The number of rotatable bonds is 9. The van der Waals surface area contributed by atoms with Gasteiger partial charge in [-0.3, -0.25) is 0 Å². The molecule has 4 heteroatoms. The van der Waals surface area contributed by atoms with E-state index in [0.717, 1.165) is 37.9 Å². The number of epoxide rings is 1. The van der Waals surface area contributed by atoms with Crippen LogP contribution in [0.15, 0.2) is 24.3 Å². The van der Waals surface area contributed by atoms with Crippen molar-refractivity contribution in [3.8, 4) is 5.75 Å². The number of carbonyl (C=O) groups is 1. The number of unbranched alkanes of at least 4 members (excludes halogenated alkanes) is 2. The topological polar surface area (TPSA) is 48.1 Å². The number of benzene rings is 1. The van der Waals surface area contributed by atoms with E-state index in [-0.39, 0.29) is 5.97 Å². The van der Waals surface area contributed by atoms with Gasteiger partial charge in [-0.15, -0.1) is 0 Å². The number of aryl methyl sites for hydroxylation is 1. The van der Waals surface area contributed by atoms with Gasteiger partial charge in [0.05, 0.1) is 20.3 Å². The summed E-state index contributed by atoms with van der Waals surface area (Å²) in [5, 5.41) is 0. The highest BCUT2D eigenvalue weighted by atomic mass is 16.6. The number of hydrogen-bond acceptors (Lipinski definition) is 4. The molecule has 0 radical (unpaired) electrons. The van der Waals surface area contributed by atoms with E-state index in [2.05, 4.69) is 12.1 Å². The normalized spacial score (nSPS) is 20.1. The lowest BCUT2D eigenvalue weighted by atomic mass is 10.00. The summed E-state index contributed by atoms with van der Waals surface area (Å²) in [7, 11) is 1.67. The van der Waals surface area contributed by atoms with E-state index < -0.39 is 5.60 Å². The van der Waals surface area contributed by atoms with Crippen molar-refractivity contribution in [3.63, 3.8) is 0 Å². The summed E-state index contributed by atoms with van der Waals surface area (Å²) in [6.45, 7) is 2.76. The van der Waals surface area contributed by atoms with Gasteiger partial charge in [0.25, 0.3) is 0 Å². The molecule has 21 heavy (non-hydrogen) atoms. The lowest BCUT2D eigenvalue weighted by Gasteiger charge is -2.10. The van der Waals surface area contributed by atoms with Gasteiger partial charge in [-0.25, -0.2) is 4.79 Å². The zero-order chi connectivity index (χ0) is 15.1. The Morgan fingerprint density at radius 2 is 1.95 bits per heavy atom. The highest BCUT2D eigenvalue weighted by Crippen LogP contribution is 2.34. The molecule has 1 aromatic carbocycles. The molecule has 0 saturated carbocycles. The van der Waals surface area contributed by atoms with Crippen molar-refractivity contribution < 1.29 is 19.0 Å². The Bertz CT molecular complexity index is 448. The number of ether oxygens (including phenoxy) is 3. The molecule has 1 aliphatic rings. The van der Waals surface area contributed by atoms with E-state index in [9.17, 15) is 4.79 Å². The van der Waals surface area contributed by atoms with Crippen LogP contribution in [0.4, 0.5) is 0 Å². The molecule has 1 saturated heterocycles. The van der Waals surface area contributed by atoms with Gasteiger partial charge in [0, 0.05) is 0 Å². The fourth-order valence-electron chi connectivity index (χ4n) is 2.42. The number of methoxy groups -OCH3 is 1. The van der Waals surface area contributed by atoms with Crippen LogP contribution >= 0.6 is 0 Å². The summed E-state index contributed by atoms with van der Waals surface area (Å²) in [4.78, 5) is 11.7. The molecule has 116 valence electrons. The van der Waals surface area contributed by atoms with Gasteiger partial charge < -0.3 is 14.2 Å². The lowest BCUT2D eigenvalue weighted by Crippen LogP contribution is -2.27. The maximum atomic E-state index is 11.7. The summed E-state index contributed by atoms with van der Waals surface area (Å²) >= 11 is 0. The van der Waals surface area contributed by atoms with Crippen LogP contribution in [0.1, 0.15) is 38.2 Å². The second-order valence-electron chi connectivity index (χ2n) is 5.41. The van der Waals surface area contributed by atoms with Gasteiger partial charge in [-0.05, 0) is 50.3 Å². The first kappa shape index (κ1) is 15.8. The first-order valence-electron chi connectivity index (χ1n) is 7.64. The zero-order valence-corrected chi connectivity index (χ0v) is 12.9. The first-order chi connectivity index (χ1) is 10.2. The van der Waals surface area contributed by atoms with Crippen molar-refractivity contribution in [1.29, 1.82) is 0 Å². The predicted molar refractivity (Wildman–Crippen MR) is 80.5 cm³/mol. The van der Waals surface area contributed by atoms with E-state index in [0.29, 0.717) is 13.2 Å². The average molecular weight is 292 g/mol. The molecule has 1 unspecified atom stereocenters. The zero-order valence-electron chi connectivity index (χ0n) is 12.9. The summed E-state index contributed by atoms with van der Waals surface area (Å²) in [6, 6.07) is 8.18. The molecular formula is C17H24O4. The minimum atomic E-state index is -0.615. The van der Waals surface area contributed by atoms with E-state index in [4.69, 9.17) is 14.2 Å². The molecule has 1 atom stereocenters. The molecule has 0 N–H and O–H groups in total. The lowest BCUT2D eigenvalue weighted by molar-refractivity contribution is -0.149. The largest absolute Gasteiger partial charge is 0.497 e. The molecule has 0 bridgehead atoms. The van der Waals surface area contributed by atoms with Crippen molar-refractivity contribution in [1.82, 2.24) is 0 Å². The van der Waals surface area contributed by atoms with E-state index in [1.165, 1.54) is 5.56 Å². The molecule has 1 heterocycles. The van der Waals surface area contributed by atoms with Crippen LogP contribution in [-0.4, -0.2) is 31.9 Å². The van der Waals surface area contributed by atoms with Gasteiger partial charge in [-0.2, -0.15) is 0 Å². The van der Waals surface area contributed by atoms with Gasteiger partial charge in [-0.1, -0.05) is 18.6 Å². The molecule has 2 rings (SSSR count). The van der Waals surface area contributed by atoms with Crippen molar-refractivity contribution in [3.05, 3.63) is 29.8 Å². The maximum absolute atomic E-state index is 11.7. The predicted octanol–water partition coefficient (Wildman–Crippen LogP) is 3.13. The van der Waals surface area contributed by atoms with Crippen molar-refractivity contribution in [2.75, 3.05) is 20.3 Å². The number of carbonyl (C=O) groups excluding carboxylic acids is 1. The minimum absolute atomic E-state index is 0.194. The van der Waals surface area contributed by atoms with Gasteiger partial charge >= 0.3 is 5.97 Å². The van der Waals surface area contributed by atoms with Crippen molar-refractivity contribution in [2.45, 2.75) is 44.6 Å². The highest BCUT2D eigenvalue weighted by Gasteiger charge is 2.52. The summed E-state index contributed by atoms with van der Waals surface area (Å²) in [5.74, 6) is 0.696. The summed E-state index contributed by atoms with van der Waals surface area (Å²) in [5.41, 5.74) is 0.703. The van der Waals surface area contributed by atoms with Gasteiger partial charge in [0.2, 0.25) is 0 Å². The Balaban J connectivity index is 1.62. The fourth-order valence-corrected chi connectivity index (χ4v) is 2.42. The number of hydrogen-bond donors (Lipinski definition) is 0. The van der Waals surface area contributed by atoms with Crippen LogP contribution in [0.2, 0.25) is 0 Å². The SMILES string of the molecule is CCOC(=O)C1(CCCCCc2ccc(OC)cc2)CO1. The third-order valence-corrected chi connectivity index (χ3v) is 3.85. The maximum Gasteiger partial charge on any atom is 0.340 e. The Morgan fingerprint density at radius 1 is 1.24 bits per heavy atom. The number of esters is 1. The minimum Gasteiger partial charge on any atom is -0.497 e. The second-order valence-corrected chi connectivity index (χ2v) is 5.41. The van der Waals surface area contributed by atoms with Crippen LogP contribution < -0.4 is 4.74 Å². The van der Waals surface area contributed by atoms with Gasteiger partial charge in [0.1, 0.15) is 5.75 Å². The van der Waals surface area contributed by atoms with Crippen LogP contribution in [0.25, 0.3) is 0 Å². The molecule has 0 spiro atoms. The van der Waals surface area contributed by atoms with Crippen LogP contribution in [-0.2, 0) is 20.7 Å². The summed E-state index contributed by atoms with van der Waals surface area (Å²) in [6.07, 6.45) is 5.03. The Kier molecular flexibility index (Phi) is 5.62. The standard InChI is InChI=1S/C17H24O4/c1-3-20-16(18)17(13-21-17)12-6-4-5-7-14-8-10-15(19-2)11-9-14/h8-11H,3-7,12-13H2,1-2H3. The van der Waals surface area contributed by atoms with E-state index in [1.54, 1.807) is 7.11 Å². The molecule has 1 fully saturated rings. The monoisotopic (exact) mass is 292 g/mol. The van der Waals surface area contributed by atoms with E-state index >= 15 is 0 Å². The molecule has 1 aromatic rings. The average Bonchev–Trinajstić information content (AvgIpc) is 3.29. The van der Waals surface area contributed by atoms with E-state index in [1.807, 2.05) is 19.1 Å². The Morgan fingerprint density at radius 3 is 2.52 bits per heavy atom. The smallest absolute Gasteiger partial charge is 0.340 e. The molecule has 0 amide bonds. The Labute approximate surface area is 126 Å². The third kappa shape index (κ3) is 4.46. The summed E-state index contributed by atoms with van der Waals surface area (Å²) < 4.78 is 15.5. The first-order valence-corrected chi connectivity index (χ1v) is 7.64.